The van der Waals surface area contributed by atoms with Crippen molar-refractivity contribution in [3.05, 3.63) is 102 Å². The maximum atomic E-state index is 9.66. The first kappa shape index (κ1) is 14.8. The van der Waals surface area contributed by atoms with E-state index >= 15 is 0 Å². The zero-order valence-electron chi connectivity index (χ0n) is 13.9. The minimum Gasteiger partial charge on any atom is -0.508 e. The van der Waals surface area contributed by atoms with Gasteiger partial charge in [-0.15, -0.1) is 0 Å². The molecule has 5 rings (SSSR count). The second-order valence-electron chi connectivity index (χ2n) is 6.40. The van der Waals surface area contributed by atoms with Gasteiger partial charge in [-0.25, -0.2) is 0 Å². The molecule has 0 fully saturated rings. The van der Waals surface area contributed by atoms with Gasteiger partial charge in [-0.05, 0) is 42.0 Å². The van der Waals surface area contributed by atoms with Crippen molar-refractivity contribution in [2.45, 2.75) is 5.92 Å². The van der Waals surface area contributed by atoms with Gasteiger partial charge >= 0.3 is 0 Å². The van der Waals surface area contributed by atoms with Crippen molar-refractivity contribution in [2.24, 2.45) is 0 Å². The molecule has 0 aliphatic heterocycles. The lowest BCUT2D eigenvalue weighted by atomic mass is 9.93. The van der Waals surface area contributed by atoms with Gasteiger partial charge in [0, 0.05) is 10.8 Å². The highest BCUT2D eigenvalue weighted by atomic mass is 16.4. The molecule has 0 bridgehead atoms. The number of aromatic hydroxyl groups is 1. The van der Waals surface area contributed by atoms with Gasteiger partial charge in [0.05, 0.1) is 0 Å². The van der Waals surface area contributed by atoms with Crippen molar-refractivity contribution in [1.29, 1.82) is 0 Å². The van der Waals surface area contributed by atoms with Crippen LogP contribution in [0.25, 0.3) is 21.9 Å². The van der Waals surface area contributed by atoms with E-state index in [1.54, 1.807) is 12.1 Å². The van der Waals surface area contributed by atoms with Crippen LogP contribution in [0.5, 0.6) is 5.75 Å². The minimum atomic E-state index is -0.185. The summed E-state index contributed by atoms with van der Waals surface area (Å²) in [7, 11) is 0. The molecule has 0 saturated heterocycles. The number of phenols is 1. The molecular weight excluding hydrogens is 324 g/mol. The van der Waals surface area contributed by atoms with Crippen LogP contribution in [0.15, 0.2) is 93.8 Å². The maximum Gasteiger partial charge on any atom is 0.134 e. The van der Waals surface area contributed by atoms with Crippen LogP contribution >= 0.6 is 0 Å². The first-order valence-corrected chi connectivity index (χ1v) is 8.54. The van der Waals surface area contributed by atoms with Crippen molar-refractivity contribution in [1.82, 2.24) is 0 Å². The molecule has 5 aromatic rings. The van der Waals surface area contributed by atoms with Crippen LogP contribution in [0, 0.1) is 0 Å². The zero-order valence-corrected chi connectivity index (χ0v) is 13.9. The Morgan fingerprint density at radius 3 is 1.62 bits per heavy atom. The van der Waals surface area contributed by atoms with E-state index in [4.69, 9.17) is 8.83 Å². The Bertz CT molecular complexity index is 1060. The van der Waals surface area contributed by atoms with E-state index in [2.05, 4.69) is 12.1 Å². The van der Waals surface area contributed by atoms with Crippen LogP contribution in [0.1, 0.15) is 23.0 Å². The van der Waals surface area contributed by atoms with Crippen molar-refractivity contribution in [2.75, 3.05) is 0 Å². The third kappa shape index (κ3) is 2.45. The molecule has 126 valence electrons. The van der Waals surface area contributed by atoms with Crippen LogP contribution in [0.2, 0.25) is 0 Å². The van der Waals surface area contributed by atoms with Crippen molar-refractivity contribution < 1.29 is 13.9 Å². The second kappa shape index (κ2) is 5.81. The fourth-order valence-corrected chi connectivity index (χ4v) is 3.42. The normalized spacial score (nSPS) is 11.6. The maximum absolute atomic E-state index is 9.66. The van der Waals surface area contributed by atoms with Crippen LogP contribution in [-0.4, -0.2) is 5.11 Å². The summed E-state index contributed by atoms with van der Waals surface area (Å²) >= 11 is 0. The van der Waals surface area contributed by atoms with Crippen molar-refractivity contribution in [3.8, 4) is 5.75 Å². The summed E-state index contributed by atoms with van der Waals surface area (Å²) < 4.78 is 12.3. The molecule has 0 aliphatic carbocycles. The third-order valence-electron chi connectivity index (χ3n) is 4.68. The van der Waals surface area contributed by atoms with Gasteiger partial charge in [0.15, 0.2) is 0 Å². The molecule has 0 atom stereocenters. The fraction of sp³-hybridized carbons (Fsp3) is 0.0435. The molecule has 2 heterocycles. The average molecular weight is 340 g/mol. The summed E-state index contributed by atoms with van der Waals surface area (Å²) in [6.07, 6.45) is 0. The van der Waals surface area contributed by atoms with Crippen molar-refractivity contribution >= 4 is 21.9 Å². The topological polar surface area (TPSA) is 46.5 Å². The highest BCUT2D eigenvalue weighted by molar-refractivity contribution is 5.80. The Kier molecular flexibility index (Phi) is 3.32. The second-order valence-corrected chi connectivity index (χ2v) is 6.40. The molecule has 0 spiro atoms. The molecule has 3 heteroatoms. The first-order valence-electron chi connectivity index (χ1n) is 8.54. The van der Waals surface area contributed by atoms with Crippen molar-refractivity contribution in [3.63, 3.8) is 0 Å². The van der Waals surface area contributed by atoms with Crippen LogP contribution in [-0.2, 0) is 0 Å². The van der Waals surface area contributed by atoms with Gasteiger partial charge in [-0.3, -0.25) is 0 Å². The minimum absolute atomic E-state index is 0.185. The number of phenolic OH excluding ortho intramolecular Hbond substituents is 1. The van der Waals surface area contributed by atoms with E-state index in [1.165, 1.54) is 0 Å². The molecule has 1 N–H and O–H groups in total. The summed E-state index contributed by atoms with van der Waals surface area (Å²) in [5, 5.41) is 11.8. The molecule has 0 unspecified atom stereocenters. The van der Waals surface area contributed by atoms with Crippen LogP contribution in [0.3, 0.4) is 0 Å². The lowest BCUT2D eigenvalue weighted by Gasteiger charge is -2.12. The van der Waals surface area contributed by atoms with Gasteiger partial charge in [-0.1, -0.05) is 48.5 Å². The number of furan rings is 2. The number of hydrogen-bond donors (Lipinski definition) is 1. The third-order valence-corrected chi connectivity index (χ3v) is 4.68. The zero-order chi connectivity index (χ0) is 17.5. The monoisotopic (exact) mass is 340 g/mol. The summed E-state index contributed by atoms with van der Waals surface area (Å²) in [6, 6.07) is 27.2. The standard InChI is InChI=1S/C23H16O3/c24-18-11-9-15(10-12-18)23(21-13-16-5-1-3-7-19(16)25-21)22-14-17-6-2-4-8-20(17)26-22/h1-14,23-24H. The number of hydrogen-bond acceptors (Lipinski definition) is 3. The van der Waals surface area contributed by atoms with E-state index in [1.807, 2.05) is 60.7 Å². The van der Waals surface area contributed by atoms with E-state index in [0.29, 0.717) is 0 Å². The van der Waals surface area contributed by atoms with Crippen LogP contribution in [0.4, 0.5) is 0 Å². The smallest absolute Gasteiger partial charge is 0.134 e. The van der Waals surface area contributed by atoms with Gasteiger partial charge in [0.25, 0.3) is 0 Å². The number of para-hydroxylation sites is 2. The first-order chi connectivity index (χ1) is 12.8. The molecule has 3 aromatic carbocycles. The van der Waals surface area contributed by atoms with Gasteiger partial charge in [0.1, 0.15) is 34.4 Å². The van der Waals surface area contributed by atoms with Gasteiger partial charge in [0.2, 0.25) is 0 Å². The van der Waals surface area contributed by atoms with E-state index in [0.717, 1.165) is 39.0 Å². The largest absolute Gasteiger partial charge is 0.508 e. The Morgan fingerprint density at radius 2 is 1.12 bits per heavy atom. The van der Waals surface area contributed by atoms with E-state index < -0.39 is 0 Å². The van der Waals surface area contributed by atoms with E-state index in [9.17, 15) is 5.11 Å². The predicted octanol–water partition coefficient (Wildman–Crippen LogP) is 6.06. The lowest BCUT2D eigenvalue weighted by Crippen LogP contribution is -2.00. The molecule has 0 amide bonds. The summed E-state index contributed by atoms with van der Waals surface area (Å²) in [5.41, 5.74) is 2.70. The number of fused-ring (bicyclic) bond motifs is 2. The van der Waals surface area contributed by atoms with Gasteiger partial charge < -0.3 is 13.9 Å². The highest BCUT2D eigenvalue weighted by Crippen LogP contribution is 2.38. The Hall–Kier alpha value is -3.46. The Labute approximate surface area is 150 Å². The molecular formula is C23H16O3. The molecule has 0 radical (unpaired) electrons. The highest BCUT2D eigenvalue weighted by Gasteiger charge is 2.24. The molecule has 0 saturated carbocycles. The number of rotatable bonds is 3. The predicted molar refractivity (Wildman–Crippen MR) is 101 cm³/mol. The quantitative estimate of drug-likeness (QED) is 0.434. The molecule has 26 heavy (non-hydrogen) atoms. The molecule has 0 aliphatic rings. The molecule has 2 aromatic heterocycles. The summed E-state index contributed by atoms with van der Waals surface area (Å²) in [4.78, 5) is 0. The lowest BCUT2D eigenvalue weighted by molar-refractivity contribution is 0.471. The Balaban J connectivity index is 1.72. The average Bonchev–Trinajstić information content (AvgIpc) is 3.27. The Morgan fingerprint density at radius 1 is 0.615 bits per heavy atom. The fourth-order valence-electron chi connectivity index (χ4n) is 3.42. The van der Waals surface area contributed by atoms with Gasteiger partial charge in [-0.2, -0.15) is 0 Å². The summed E-state index contributed by atoms with van der Waals surface area (Å²) in [5.74, 6) is 1.68. The van der Waals surface area contributed by atoms with E-state index in [-0.39, 0.29) is 11.7 Å². The van der Waals surface area contributed by atoms with Crippen LogP contribution < -0.4 is 0 Å². The summed E-state index contributed by atoms with van der Waals surface area (Å²) in [6.45, 7) is 0. The number of benzene rings is 3. The molecule has 3 nitrogen and oxygen atoms in total. The SMILES string of the molecule is Oc1ccc(C(c2cc3ccccc3o2)c2cc3ccccc3o2)cc1.